The van der Waals surface area contributed by atoms with Crippen LogP contribution in [0.15, 0.2) is 11.4 Å². The van der Waals surface area contributed by atoms with Crippen LogP contribution in [-0.4, -0.2) is 23.1 Å². The maximum absolute atomic E-state index is 5.61. The van der Waals surface area contributed by atoms with E-state index in [-0.39, 0.29) is 0 Å². The summed E-state index contributed by atoms with van der Waals surface area (Å²) in [4.78, 5) is 9.74. The topological polar surface area (TPSA) is 47.0 Å². The van der Waals surface area contributed by atoms with Crippen LogP contribution in [0.1, 0.15) is 19.8 Å². The molecule has 18 heavy (non-hydrogen) atoms. The van der Waals surface area contributed by atoms with E-state index in [9.17, 15) is 0 Å². The molecule has 0 bridgehead atoms. The van der Waals surface area contributed by atoms with Crippen molar-refractivity contribution < 1.29 is 4.74 Å². The maximum Gasteiger partial charge on any atom is 0.227 e. The molecule has 0 aromatic carbocycles. The second-order valence-electron chi connectivity index (χ2n) is 3.72. The lowest BCUT2D eigenvalue weighted by Gasteiger charge is -2.08. The zero-order valence-corrected chi connectivity index (χ0v) is 11.1. The summed E-state index contributed by atoms with van der Waals surface area (Å²) in [5.41, 5.74) is 0. The molecule has 0 aliphatic heterocycles. The molecular formula is C13H15N3OS. The quantitative estimate of drug-likeness (QED) is 0.641. The van der Waals surface area contributed by atoms with Crippen molar-refractivity contribution in [1.29, 1.82) is 0 Å². The number of ether oxygens (including phenoxy) is 1. The van der Waals surface area contributed by atoms with E-state index >= 15 is 0 Å². The second kappa shape index (κ2) is 6.22. The Morgan fingerprint density at radius 2 is 2.39 bits per heavy atom. The monoisotopic (exact) mass is 261 g/mol. The summed E-state index contributed by atoms with van der Waals surface area (Å²) in [6.45, 7) is 3.42. The Hall–Kier alpha value is -1.80. The predicted molar refractivity (Wildman–Crippen MR) is 75.1 cm³/mol. The van der Waals surface area contributed by atoms with Crippen molar-refractivity contribution in [3.05, 3.63) is 11.4 Å². The lowest BCUT2D eigenvalue weighted by Crippen LogP contribution is -2.06. The van der Waals surface area contributed by atoms with E-state index in [0.717, 1.165) is 23.2 Å². The van der Waals surface area contributed by atoms with Crippen molar-refractivity contribution in [3.63, 3.8) is 0 Å². The molecule has 2 heterocycles. The average molecular weight is 261 g/mol. The van der Waals surface area contributed by atoms with Gasteiger partial charge in [-0.3, -0.25) is 0 Å². The fraction of sp³-hybridized carbons (Fsp3) is 0.385. The van der Waals surface area contributed by atoms with Gasteiger partial charge in [0.05, 0.1) is 5.39 Å². The van der Waals surface area contributed by atoms with Crippen LogP contribution in [0.25, 0.3) is 10.2 Å². The molecule has 0 fully saturated rings. The van der Waals surface area contributed by atoms with Gasteiger partial charge in [-0.05, 0) is 17.9 Å². The van der Waals surface area contributed by atoms with E-state index in [1.165, 1.54) is 0 Å². The third-order valence-electron chi connectivity index (χ3n) is 2.31. The molecule has 94 valence electrons. The summed E-state index contributed by atoms with van der Waals surface area (Å²) in [5.74, 6) is 3.77. The molecule has 0 radical (unpaired) electrons. The predicted octanol–water partition coefficient (Wildman–Crippen LogP) is 2.92. The van der Waals surface area contributed by atoms with Crippen LogP contribution in [0.3, 0.4) is 0 Å². The van der Waals surface area contributed by atoms with Gasteiger partial charge in [0, 0.05) is 13.0 Å². The summed E-state index contributed by atoms with van der Waals surface area (Å²) in [7, 11) is 0. The van der Waals surface area contributed by atoms with Crippen LogP contribution in [0, 0.1) is 12.3 Å². The molecule has 2 aromatic rings. The van der Waals surface area contributed by atoms with Crippen molar-refractivity contribution in [1.82, 2.24) is 9.97 Å². The van der Waals surface area contributed by atoms with Gasteiger partial charge in [0.15, 0.2) is 0 Å². The number of anilines is 1. The van der Waals surface area contributed by atoms with Crippen LogP contribution in [0.5, 0.6) is 5.88 Å². The van der Waals surface area contributed by atoms with Gasteiger partial charge in [-0.25, -0.2) is 4.98 Å². The Kier molecular flexibility index (Phi) is 4.37. The Morgan fingerprint density at radius 1 is 1.50 bits per heavy atom. The SMILES string of the molecule is C#CCCOc1nc(NCCC)nc2sccc12. The van der Waals surface area contributed by atoms with Crippen molar-refractivity contribution in [2.45, 2.75) is 19.8 Å². The molecule has 0 atom stereocenters. The van der Waals surface area contributed by atoms with Crippen LogP contribution < -0.4 is 10.1 Å². The summed E-state index contributed by atoms with van der Waals surface area (Å²) in [5, 5.41) is 6.10. The molecule has 0 saturated carbocycles. The third-order valence-corrected chi connectivity index (χ3v) is 3.12. The number of thiophene rings is 1. The summed E-state index contributed by atoms with van der Waals surface area (Å²) in [6.07, 6.45) is 6.81. The fourth-order valence-corrected chi connectivity index (χ4v) is 2.22. The molecule has 4 nitrogen and oxygen atoms in total. The molecule has 0 aliphatic carbocycles. The number of rotatable bonds is 6. The minimum absolute atomic E-state index is 0.478. The minimum Gasteiger partial charge on any atom is -0.476 e. The van der Waals surface area contributed by atoms with E-state index in [2.05, 4.69) is 28.1 Å². The molecule has 2 rings (SSSR count). The first-order valence-corrected chi connectivity index (χ1v) is 6.78. The standard InChI is InChI=1S/C13H15N3OS/c1-3-5-8-17-11-10-6-9-18-12(10)16-13(15-11)14-7-4-2/h1,6,9H,4-5,7-8H2,2H3,(H,14,15,16). The van der Waals surface area contributed by atoms with E-state index < -0.39 is 0 Å². The van der Waals surface area contributed by atoms with Gasteiger partial charge in [0.2, 0.25) is 11.8 Å². The molecule has 0 amide bonds. The van der Waals surface area contributed by atoms with E-state index in [1.807, 2.05) is 11.4 Å². The molecule has 1 N–H and O–H groups in total. The fourth-order valence-electron chi connectivity index (χ4n) is 1.46. The number of hydrogen-bond acceptors (Lipinski definition) is 5. The number of terminal acetylenes is 1. The van der Waals surface area contributed by atoms with Crippen molar-refractivity contribution in [3.8, 4) is 18.2 Å². The van der Waals surface area contributed by atoms with Crippen LogP contribution in [-0.2, 0) is 0 Å². The Morgan fingerprint density at radius 3 is 3.17 bits per heavy atom. The Labute approximate surface area is 110 Å². The molecule has 2 aromatic heterocycles. The highest BCUT2D eigenvalue weighted by atomic mass is 32.1. The molecule has 0 saturated heterocycles. The first-order chi connectivity index (χ1) is 8.85. The number of fused-ring (bicyclic) bond motifs is 1. The normalized spacial score (nSPS) is 10.2. The van der Waals surface area contributed by atoms with Gasteiger partial charge in [-0.2, -0.15) is 4.98 Å². The van der Waals surface area contributed by atoms with Gasteiger partial charge < -0.3 is 10.1 Å². The molecule has 0 spiro atoms. The van der Waals surface area contributed by atoms with Crippen molar-refractivity contribution in [2.75, 3.05) is 18.5 Å². The highest BCUT2D eigenvalue weighted by molar-refractivity contribution is 7.16. The van der Waals surface area contributed by atoms with Gasteiger partial charge in [-0.15, -0.1) is 23.7 Å². The molecule has 0 aliphatic rings. The molecule has 5 heteroatoms. The highest BCUT2D eigenvalue weighted by Crippen LogP contribution is 2.28. The number of aromatic nitrogens is 2. The largest absolute Gasteiger partial charge is 0.476 e. The number of nitrogens with zero attached hydrogens (tertiary/aromatic N) is 2. The van der Waals surface area contributed by atoms with Gasteiger partial charge >= 0.3 is 0 Å². The maximum atomic E-state index is 5.61. The lowest BCUT2D eigenvalue weighted by molar-refractivity contribution is 0.319. The summed E-state index contributed by atoms with van der Waals surface area (Å²) < 4.78 is 5.61. The summed E-state index contributed by atoms with van der Waals surface area (Å²) in [6, 6.07) is 1.97. The lowest BCUT2D eigenvalue weighted by atomic mass is 10.4. The number of hydrogen-bond donors (Lipinski definition) is 1. The smallest absolute Gasteiger partial charge is 0.227 e. The Balaban J connectivity index is 2.24. The molecule has 0 unspecified atom stereocenters. The zero-order chi connectivity index (χ0) is 12.8. The van der Waals surface area contributed by atoms with E-state index in [1.54, 1.807) is 11.3 Å². The highest BCUT2D eigenvalue weighted by Gasteiger charge is 2.09. The third kappa shape index (κ3) is 2.90. The first kappa shape index (κ1) is 12.7. The first-order valence-electron chi connectivity index (χ1n) is 5.90. The number of nitrogens with one attached hydrogen (secondary N) is 1. The van der Waals surface area contributed by atoms with E-state index in [4.69, 9.17) is 11.2 Å². The van der Waals surface area contributed by atoms with Crippen LogP contribution in [0.2, 0.25) is 0 Å². The second-order valence-corrected chi connectivity index (χ2v) is 4.62. The van der Waals surface area contributed by atoms with E-state index in [0.29, 0.717) is 24.9 Å². The van der Waals surface area contributed by atoms with Crippen LogP contribution in [0.4, 0.5) is 5.95 Å². The van der Waals surface area contributed by atoms with Gasteiger partial charge in [0.25, 0.3) is 0 Å². The zero-order valence-electron chi connectivity index (χ0n) is 10.3. The summed E-state index contributed by atoms with van der Waals surface area (Å²) >= 11 is 1.58. The van der Waals surface area contributed by atoms with Crippen molar-refractivity contribution >= 4 is 27.5 Å². The molecular weight excluding hydrogens is 246 g/mol. The van der Waals surface area contributed by atoms with Gasteiger partial charge in [-0.1, -0.05) is 6.92 Å². The Bertz CT molecular complexity index is 559. The van der Waals surface area contributed by atoms with Crippen molar-refractivity contribution in [2.24, 2.45) is 0 Å². The van der Waals surface area contributed by atoms with Crippen LogP contribution >= 0.6 is 11.3 Å². The minimum atomic E-state index is 0.478. The average Bonchev–Trinajstić information content (AvgIpc) is 2.85. The van der Waals surface area contributed by atoms with Gasteiger partial charge in [0.1, 0.15) is 11.4 Å².